The molecule has 29 heavy (non-hydrogen) atoms. The van der Waals surface area contributed by atoms with Gasteiger partial charge in [0.1, 0.15) is 17.2 Å². The molecular weight excluding hydrogens is 382 g/mol. The van der Waals surface area contributed by atoms with Crippen molar-refractivity contribution in [1.29, 1.82) is 0 Å². The van der Waals surface area contributed by atoms with Crippen LogP contribution in [0.3, 0.4) is 0 Å². The van der Waals surface area contributed by atoms with E-state index in [4.69, 9.17) is 4.74 Å². The summed E-state index contributed by atoms with van der Waals surface area (Å²) in [5.41, 5.74) is -0.646. The highest BCUT2D eigenvalue weighted by molar-refractivity contribution is 6.16. The molecule has 7 nitrogen and oxygen atoms in total. The smallest absolute Gasteiger partial charge is 0.319 e. The van der Waals surface area contributed by atoms with Crippen LogP contribution in [0.4, 0.5) is 19.3 Å². The summed E-state index contributed by atoms with van der Waals surface area (Å²) in [6.07, 6.45) is 4.43. The lowest BCUT2D eigenvalue weighted by Gasteiger charge is -2.11. The van der Waals surface area contributed by atoms with Gasteiger partial charge < -0.3 is 20.4 Å². The molecule has 0 spiro atoms. The second kappa shape index (κ2) is 8.68. The van der Waals surface area contributed by atoms with E-state index in [2.05, 4.69) is 20.6 Å². The lowest BCUT2D eigenvalue weighted by atomic mass is 10.0. The van der Waals surface area contributed by atoms with Crippen molar-refractivity contribution in [3.63, 3.8) is 0 Å². The molecule has 152 valence electrons. The second-order valence-corrected chi connectivity index (χ2v) is 6.32. The largest absolute Gasteiger partial charge is 0.495 e. The Hall–Kier alpha value is -3.49. The molecule has 0 radical (unpaired) electrons. The molecule has 0 aliphatic carbocycles. The van der Waals surface area contributed by atoms with Crippen molar-refractivity contribution < 1.29 is 23.1 Å². The number of pyridine rings is 1. The van der Waals surface area contributed by atoms with Gasteiger partial charge >= 0.3 is 6.03 Å². The van der Waals surface area contributed by atoms with Gasteiger partial charge in [-0.2, -0.15) is 0 Å². The predicted molar refractivity (Wildman–Crippen MR) is 104 cm³/mol. The van der Waals surface area contributed by atoms with Gasteiger partial charge in [0.05, 0.1) is 24.6 Å². The van der Waals surface area contributed by atoms with Gasteiger partial charge in [-0.05, 0) is 24.6 Å². The highest BCUT2D eigenvalue weighted by Crippen LogP contribution is 2.28. The third-order valence-corrected chi connectivity index (χ3v) is 4.37. The van der Waals surface area contributed by atoms with Crippen LogP contribution in [0.25, 0.3) is 11.0 Å². The van der Waals surface area contributed by atoms with Gasteiger partial charge in [0.15, 0.2) is 5.82 Å². The third kappa shape index (κ3) is 4.18. The highest BCUT2D eigenvalue weighted by Gasteiger charge is 2.25. The number of carbonyl (C=O) groups excluding carboxylic acids is 2. The molecule has 3 aromatic rings. The van der Waals surface area contributed by atoms with Crippen molar-refractivity contribution in [2.24, 2.45) is 0 Å². The van der Waals surface area contributed by atoms with Crippen molar-refractivity contribution in [2.75, 3.05) is 19.0 Å². The van der Waals surface area contributed by atoms with Gasteiger partial charge in [-0.3, -0.25) is 4.79 Å². The zero-order valence-electron chi connectivity index (χ0n) is 15.9. The van der Waals surface area contributed by atoms with Crippen molar-refractivity contribution in [3.05, 3.63) is 53.4 Å². The third-order valence-electron chi connectivity index (χ3n) is 4.37. The maximum atomic E-state index is 14.9. The number of ketones is 1. The fourth-order valence-electron chi connectivity index (χ4n) is 2.82. The van der Waals surface area contributed by atoms with Crippen LogP contribution in [0.5, 0.6) is 5.75 Å². The minimum atomic E-state index is -1.15. The summed E-state index contributed by atoms with van der Waals surface area (Å²) in [5, 5.41) is 5.24. The second-order valence-electron chi connectivity index (χ2n) is 6.32. The van der Waals surface area contributed by atoms with E-state index in [0.717, 1.165) is 25.0 Å². The van der Waals surface area contributed by atoms with Crippen LogP contribution in [0.2, 0.25) is 0 Å². The van der Waals surface area contributed by atoms with E-state index < -0.39 is 29.0 Å². The molecule has 0 saturated carbocycles. The number of carbonyl (C=O) groups is 2. The van der Waals surface area contributed by atoms with Crippen LogP contribution >= 0.6 is 0 Å². The van der Waals surface area contributed by atoms with Crippen LogP contribution in [-0.4, -0.2) is 35.4 Å². The molecule has 0 bridgehead atoms. The molecular formula is C20H20F2N4O3. The molecule has 2 amide bonds. The fourth-order valence-corrected chi connectivity index (χ4v) is 2.82. The Morgan fingerprint density at radius 2 is 2.07 bits per heavy atom. The Morgan fingerprint density at radius 3 is 2.79 bits per heavy atom. The Bertz CT molecular complexity index is 1070. The molecule has 3 rings (SSSR count). The van der Waals surface area contributed by atoms with Crippen LogP contribution in [0.15, 0.2) is 30.6 Å². The van der Waals surface area contributed by atoms with Gasteiger partial charge in [0, 0.05) is 23.7 Å². The molecule has 1 aromatic carbocycles. The number of amides is 2. The predicted octanol–water partition coefficient (Wildman–Crippen LogP) is 4.00. The molecule has 9 heteroatoms. The normalized spacial score (nSPS) is 10.8. The number of halogens is 2. The molecule has 0 unspecified atom stereocenters. The van der Waals surface area contributed by atoms with Crippen LogP contribution in [0, 0.1) is 11.6 Å². The van der Waals surface area contributed by atoms with Gasteiger partial charge in [-0.15, -0.1) is 0 Å². The number of nitrogens with one attached hydrogen (secondary N) is 3. The number of H-pyrrole nitrogens is 1. The topological polar surface area (TPSA) is 96.1 Å². The van der Waals surface area contributed by atoms with Crippen LogP contribution < -0.4 is 15.4 Å². The van der Waals surface area contributed by atoms with Crippen molar-refractivity contribution in [3.8, 4) is 5.75 Å². The van der Waals surface area contributed by atoms with Gasteiger partial charge in [-0.1, -0.05) is 13.3 Å². The minimum Gasteiger partial charge on any atom is -0.495 e. The first-order chi connectivity index (χ1) is 14.0. The number of aromatic nitrogens is 2. The summed E-state index contributed by atoms with van der Waals surface area (Å²) in [6.45, 7) is 2.38. The number of unbranched alkanes of at least 4 members (excludes halogenated alkanes) is 1. The average Bonchev–Trinajstić information content (AvgIpc) is 3.13. The Morgan fingerprint density at radius 1 is 1.28 bits per heavy atom. The molecule has 2 heterocycles. The van der Waals surface area contributed by atoms with E-state index in [1.807, 2.05) is 6.92 Å². The van der Waals surface area contributed by atoms with E-state index >= 15 is 0 Å². The van der Waals surface area contributed by atoms with Crippen molar-refractivity contribution in [2.45, 2.75) is 19.8 Å². The van der Waals surface area contributed by atoms with Gasteiger partial charge in [0.25, 0.3) is 0 Å². The first-order valence-electron chi connectivity index (χ1n) is 9.05. The molecule has 0 aliphatic heterocycles. The number of fused-ring (bicyclic) bond motifs is 1. The van der Waals surface area contributed by atoms with E-state index in [-0.39, 0.29) is 11.3 Å². The zero-order valence-corrected chi connectivity index (χ0v) is 15.9. The van der Waals surface area contributed by atoms with Crippen LogP contribution in [-0.2, 0) is 0 Å². The minimum absolute atomic E-state index is 0.0359. The van der Waals surface area contributed by atoms with Gasteiger partial charge in [-0.25, -0.2) is 18.6 Å². The fraction of sp³-hybridized carbons (Fsp3) is 0.250. The zero-order chi connectivity index (χ0) is 21.0. The number of benzene rings is 1. The number of hydrogen-bond acceptors (Lipinski definition) is 4. The summed E-state index contributed by atoms with van der Waals surface area (Å²) in [6, 6.07) is 2.92. The SMILES string of the molecule is CCCCNC(=O)Nc1ccc(F)c(C(=O)c2c[nH]c3ncc(OC)cc23)c1F. The summed E-state index contributed by atoms with van der Waals surface area (Å²) in [7, 11) is 1.44. The van der Waals surface area contributed by atoms with Gasteiger partial charge in [0.2, 0.25) is 5.78 Å². The van der Waals surface area contributed by atoms with Crippen molar-refractivity contribution >= 4 is 28.5 Å². The highest BCUT2D eigenvalue weighted by atomic mass is 19.1. The first-order valence-corrected chi connectivity index (χ1v) is 9.05. The number of methoxy groups -OCH3 is 1. The number of urea groups is 1. The first kappa shape index (κ1) is 20.2. The number of nitrogens with zero attached hydrogens (tertiary/aromatic N) is 1. The lowest BCUT2D eigenvalue weighted by Crippen LogP contribution is -2.30. The van der Waals surface area contributed by atoms with E-state index in [0.29, 0.717) is 23.3 Å². The Balaban J connectivity index is 1.94. The summed E-state index contributed by atoms with van der Waals surface area (Å²) >= 11 is 0. The molecule has 2 aromatic heterocycles. The number of hydrogen-bond donors (Lipinski definition) is 3. The van der Waals surface area contributed by atoms with E-state index in [9.17, 15) is 18.4 Å². The lowest BCUT2D eigenvalue weighted by molar-refractivity contribution is 0.103. The maximum absolute atomic E-state index is 14.9. The summed E-state index contributed by atoms with van der Waals surface area (Å²) < 4.78 is 34.4. The van der Waals surface area contributed by atoms with Crippen molar-refractivity contribution in [1.82, 2.24) is 15.3 Å². The molecule has 3 N–H and O–H groups in total. The number of ether oxygens (including phenoxy) is 1. The number of anilines is 1. The number of aromatic amines is 1. The molecule has 0 fully saturated rings. The summed E-state index contributed by atoms with van der Waals surface area (Å²) in [4.78, 5) is 31.7. The van der Waals surface area contributed by atoms with Crippen LogP contribution in [0.1, 0.15) is 35.7 Å². The molecule has 0 saturated heterocycles. The molecule has 0 aliphatic rings. The molecule has 0 atom stereocenters. The Labute approximate surface area is 165 Å². The number of rotatable bonds is 7. The summed E-state index contributed by atoms with van der Waals surface area (Å²) in [5.74, 6) is -2.66. The van der Waals surface area contributed by atoms with E-state index in [1.165, 1.54) is 19.5 Å². The maximum Gasteiger partial charge on any atom is 0.319 e. The standard InChI is InChI=1S/C20H20F2N4O3/c1-3-4-7-23-20(28)26-15-6-5-14(21)16(17(15)22)18(27)13-10-25-19-12(13)8-11(29-2)9-24-19/h5-6,8-10H,3-4,7H2,1-2H3,(H,24,25)(H2,23,26,28). The quantitative estimate of drug-likeness (QED) is 0.411. The Kier molecular flexibility index (Phi) is 6.06. The monoisotopic (exact) mass is 402 g/mol. The average molecular weight is 402 g/mol. The van der Waals surface area contributed by atoms with E-state index in [1.54, 1.807) is 6.07 Å².